The predicted octanol–water partition coefficient (Wildman–Crippen LogP) is 1.22. The highest BCUT2D eigenvalue weighted by molar-refractivity contribution is 5.90. The Morgan fingerprint density at radius 2 is 2.05 bits per heavy atom. The third-order valence-corrected chi connectivity index (χ3v) is 2.67. The van der Waals surface area contributed by atoms with Crippen molar-refractivity contribution in [2.45, 2.75) is 0 Å². The molecule has 100 valence electrons. The molecule has 2 aromatic heterocycles. The number of carbonyl (C=O) groups is 1. The molecule has 0 fully saturated rings. The first kappa shape index (κ1) is 12.1. The number of hydrogen-bond donors (Lipinski definition) is 0. The molecule has 7 heteroatoms. The van der Waals surface area contributed by atoms with Gasteiger partial charge >= 0.3 is 5.97 Å². The second-order valence-electron chi connectivity index (χ2n) is 4.13. The van der Waals surface area contributed by atoms with Crippen LogP contribution < -0.4 is 4.74 Å². The van der Waals surface area contributed by atoms with Gasteiger partial charge in [0.25, 0.3) is 0 Å². The largest absolute Gasteiger partial charge is 0.423 e. The van der Waals surface area contributed by atoms with Crippen molar-refractivity contribution in [3.05, 3.63) is 54.6 Å². The van der Waals surface area contributed by atoms with Crippen molar-refractivity contribution in [2.24, 2.45) is 7.05 Å². The van der Waals surface area contributed by atoms with Crippen molar-refractivity contribution in [1.82, 2.24) is 24.8 Å². The van der Waals surface area contributed by atoms with Gasteiger partial charge in [0.05, 0.1) is 29.8 Å². The second kappa shape index (κ2) is 4.96. The van der Waals surface area contributed by atoms with Crippen LogP contribution in [0, 0.1) is 0 Å². The lowest BCUT2D eigenvalue weighted by Gasteiger charge is -2.04. The molecule has 0 unspecified atom stereocenters. The van der Waals surface area contributed by atoms with Crippen LogP contribution in [0.1, 0.15) is 10.4 Å². The maximum atomic E-state index is 11.8. The minimum absolute atomic E-state index is 0.410. The van der Waals surface area contributed by atoms with Gasteiger partial charge in [0, 0.05) is 13.2 Å². The highest BCUT2D eigenvalue weighted by atomic mass is 16.5. The van der Waals surface area contributed by atoms with Crippen LogP contribution in [0.15, 0.2) is 49.1 Å². The maximum absolute atomic E-state index is 11.8. The summed E-state index contributed by atoms with van der Waals surface area (Å²) in [5, 5.41) is 11.5. The highest BCUT2D eigenvalue weighted by Crippen LogP contribution is 2.15. The summed E-state index contributed by atoms with van der Waals surface area (Å²) in [6, 6.07) is 6.98. The van der Waals surface area contributed by atoms with E-state index in [1.54, 1.807) is 59.3 Å². The normalized spacial score (nSPS) is 10.4. The fraction of sp³-hybridized carbons (Fsp3) is 0.0769. The fourth-order valence-corrected chi connectivity index (χ4v) is 1.71. The molecule has 0 aliphatic rings. The zero-order chi connectivity index (χ0) is 13.9. The van der Waals surface area contributed by atoms with Crippen LogP contribution in [0.5, 0.6) is 5.75 Å². The highest BCUT2D eigenvalue weighted by Gasteiger charge is 2.10. The molecule has 2 heterocycles. The molecule has 20 heavy (non-hydrogen) atoms. The molecule has 3 aromatic rings. The van der Waals surface area contributed by atoms with Crippen molar-refractivity contribution < 1.29 is 9.53 Å². The van der Waals surface area contributed by atoms with E-state index in [9.17, 15) is 4.79 Å². The Bertz CT molecular complexity index is 716. The van der Waals surface area contributed by atoms with Crippen LogP contribution in [0.3, 0.4) is 0 Å². The Labute approximate surface area is 114 Å². The number of carbonyl (C=O) groups excluding carboxylic acids is 1. The summed E-state index contributed by atoms with van der Waals surface area (Å²) in [5.74, 6) is 0.0225. The summed E-state index contributed by atoms with van der Waals surface area (Å²) in [6.45, 7) is 0. The van der Waals surface area contributed by atoms with E-state index in [1.807, 2.05) is 0 Å². The molecule has 0 saturated heterocycles. The molecule has 0 amide bonds. The van der Waals surface area contributed by atoms with E-state index in [0.717, 1.165) is 5.69 Å². The van der Waals surface area contributed by atoms with E-state index >= 15 is 0 Å². The summed E-state index contributed by atoms with van der Waals surface area (Å²) < 4.78 is 8.41. The van der Waals surface area contributed by atoms with Gasteiger partial charge in [-0.1, -0.05) is 5.21 Å². The molecule has 0 spiro atoms. The summed E-state index contributed by atoms with van der Waals surface area (Å²) in [5.41, 5.74) is 1.25. The molecule has 1 aromatic carbocycles. The fourth-order valence-electron chi connectivity index (χ4n) is 1.71. The number of aryl methyl sites for hydroxylation is 1. The molecule has 0 atom stereocenters. The Morgan fingerprint density at radius 3 is 2.65 bits per heavy atom. The van der Waals surface area contributed by atoms with Gasteiger partial charge in [-0.05, 0) is 24.3 Å². The average molecular weight is 269 g/mol. The van der Waals surface area contributed by atoms with Crippen LogP contribution in [0.4, 0.5) is 0 Å². The van der Waals surface area contributed by atoms with Crippen LogP contribution >= 0.6 is 0 Å². The lowest BCUT2D eigenvalue weighted by Crippen LogP contribution is -2.07. The van der Waals surface area contributed by atoms with E-state index < -0.39 is 5.97 Å². The number of aromatic nitrogens is 5. The molecule has 3 rings (SSSR count). The van der Waals surface area contributed by atoms with Gasteiger partial charge in [0.2, 0.25) is 0 Å². The molecule has 0 aliphatic carbocycles. The van der Waals surface area contributed by atoms with Crippen molar-refractivity contribution in [1.29, 1.82) is 0 Å². The van der Waals surface area contributed by atoms with Crippen LogP contribution in [0.25, 0.3) is 5.69 Å². The lowest BCUT2D eigenvalue weighted by molar-refractivity contribution is 0.0734. The molecule has 0 N–H and O–H groups in total. The summed E-state index contributed by atoms with van der Waals surface area (Å²) in [7, 11) is 1.74. The SMILES string of the molecule is Cn1cc(C(=O)Oc2ccc(-n3ccnn3)cc2)cn1. The van der Waals surface area contributed by atoms with E-state index in [0.29, 0.717) is 11.3 Å². The third-order valence-electron chi connectivity index (χ3n) is 2.67. The van der Waals surface area contributed by atoms with Gasteiger partial charge in [-0.25, -0.2) is 9.48 Å². The number of rotatable bonds is 3. The first-order valence-electron chi connectivity index (χ1n) is 5.90. The monoisotopic (exact) mass is 269 g/mol. The van der Waals surface area contributed by atoms with Crippen molar-refractivity contribution in [3.8, 4) is 11.4 Å². The number of hydrogen-bond acceptors (Lipinski definition) is 5. The first-order chi connectivity index (χ1) is 9.72. The Hall–Kier alpha value is -2.96. The van der Waals surface area contributed by atoms with Crippen molar-refractivity contribution >= 4 is 5.97 Å². The van der Waals surface area contributed by atoms with E-state index in [-0.39, 0.29) is 0 Å². The molecular weight excluding hydrogens is 258 g/mol. The quantitative estimate of drug-likeness (QED) is 0.528. The molecule has 0 aliphatic heterocycles. The van der Waals surface area contributed by atoms with Crippen LogP contribution in [-0.2, 0) is 7.05 Å². The zero-order valence-electron chi connectivity index (χ0n) is 10.7. The minimum Gasteiger partial charge on any atom is -0.423 e. The maximum Gasteiger partial charge on any atom is 0.346 e. The molecule has 0 radical (unpaired) electrons. The summed E-state index contributed by atoms with van der Waals surface area (Å²) in [4.78, 5) is 11.8. The standard InChI is InChI=1S/C13H11N5O2/c1-17-9-10(8-15-17)13(19)20-12-4-2-11(3-5-12)18-7-6-14-16-18/h2-9H,1H3. The zero-order valence-corrected chi connectivity index (χ0v) is 10.7. The van der Waals surface area contributed by atoms with Gasteiger partial charge in [0.1, 0.15) is 5.75 Å². The minimum atomic E-state index is -0.438. The van der Waals surface area contributed by atoms with E-state index in [4.69, 9.17) is 4.74 Å². The predicted molar refractivity (Wildman–Crippen MR) is 69.5 cm³/mol. The van der Waals surface area contributed by atoms with Gasteiger partial charge in [0.15, 0.2) is 0 Å². The average Bonchev–Trinajstić information content (AvgIpc) is 3.10. The van der Waals surface area contributed by atoms with E-state index in [1.165, 1.54) is 6.20 Å². The Balaban J connectivity index is 1.74. The number of ether oxygens (including phenoxy) is 1. The van der Waals surface area contributed by atoms with Gasteiger partial charge < -0.3 is 4.74 Å². The Morgan fingerprint density at radius 1 is 1.25 bits per heavy atom. The number of esters is 1. The second-order valence-corrected chi connectivity index (χ2v) is 4.13. The number of benzene rings is 1. The molecule has 0 bridgehead atoms. The van der Waals surface area contributed by atoms with Crippen LogP contribution in [0.2, 0.25) is 0 Å². The third kappa shape index (κ3) is 2.41. The van der Waals surface area contributed by atoms with E-state index in [2.05, 4.69) is 15.4 Å². The first-order valence-corrected chi connectivity index (χ1v) is 5.90. The molecular formula is C13H11N5O2. The summed E-state index contributed by atoms with van der Waals surface area (Å²) >= 11 is 0. The van der Waals surface area contributed by atoms with Gasteiger partial charge in [-0.3, -0.25) is 4.68 Å². The molecule has 7 nitrogen and oxygen atoms in total. The van der Waals surface area contributed by atoms with Crippen molar-refractivity contribution in [3.63, 3.8) is 0 Å². The van der Waals surface area contributed by atoms with Gasteiger partial charge in [-0.15, -0.1) is 5.10 Å². The van der Waals surface area contributed by atoms with Crippen molar-refractivity contribution in [2.75, 3.05) is 0 Å². The van der Waals surface area contributed by atoms with Crippen LogP contribution in [-0.4, -0.2) is 30.7 Å². The van der Waals surface area contributed by atoms with Gasteiger partial charge in [-0.2, -0.15) is 5.10 Å². The lowest BCUT2D eigenvalue weighted by atomic mass is 10.3. The number of nitrogens with zero attached hydrogens (tertiary/aromatic N) is 5. The molecule has 0 saturated carbocycles. The Kier molecular flexibility index (Phi) is 3.00. The summed E-state index contributed by atoms with van der Waals surface area (Å²) in [6.07, 6.45) is 6.39. The smallest absolute Gasteiger partial charge is 0.346 e. The topological polar surface area (TPSA) is 74.8 Å².